The Morgan fingerprint density at radius 3 is 2.57 bits per heavy atom. The number of ether oxygens (including phenoxy) is 4. The van der Waals surface area contributed by atoms with Crippen molar-refractivity contribution in [3.8, 4) is 17.2 Å². The second-order valence-corrected chi connectivity index (χ2v) is 10.8. The summed E-state index contributed by atoms with van der Waals surface area (Å²) in [5.41, 5.74) is 6.75. The molecular formula is C33H25N3O6. The second kappa shape index (κ2) is 9.44. The van der Waals surface area contributed by atoms with E-state index in [1.807, 2.05) is 54.6 Å². The summed E-state index contributed by atoms with van der Waals surface area (Å²) < 4.78 is 22.7. The molecule has 1 aromatic heterocycles. The Bertz CT molecular complexity index is 1930. The fraction of sp³-hybridized carbons (Fsp3) is 0.212. The molecule has 3 heterocycles. The zero-order valence-corrected chi connectivity index (χ0v) is 22.6. The molecule has 3 atom stereocenters. The predicted molar refractivity (Wildman–Crippen MR) is 154 cm³/mol. The van der Waals surface area contributed by atoms with E-state index in [4.69, 9.17) is 28.9 Å². The SMILES string of the molecule is COc1cc([C@@H]2c3cc4c(cc3C[C@H]3COC(=O)[C@@H]32)OCO4)cc2nc3ccc(NC(=O)c4ccccc4)cc3nc12. The molecule has 1 amide bonds. The van der Waals surface area contributed by atoms with Gasteiger partial charge in [0.2, 0.25) is 6.79 Å². The highest BCUT2D eigenvalue weighted by atomic mass is 16.7. The number of esters is 1. The van der Waals surface area contributed by atoms with Gasteiger partial charge < -0.3 is 24.3 Å². The van der Waals surface area contributed by atoms with E-state index >= 15 is 0 Å². The molecule has 0 spiro atoms. The Morgan fingerprint density at radius 1 is 0.905 bits per heavy atom. The number of carbonyl (C=O) groups is 2. The molecule has 2 aliphatic heterocycles. The number of anilines is 1. The molecule has 42 heavy (non-hydrogen) atoms. The maximum Gasteiger partial charge on any atom is 0.310 e. The number of hydrogen-bond donors (Lipinski definition) is 1. The van der Waals surface area contributed by atoms with Gasteiger partial charge in [-0.25, -0.2) is 9.97 Å². The summed E-state index contributed by atoms with van der Waals surface area (Å²) in [4.78, 5) is 35.6. The Labute approximate surface area is 240 Å². The molecule has 1 aliphatic carbocycles. The number of rotatable bonds is 4. The molecule has 4 aromatic carbocycles. The van der Waals surface area contributed by atoms with E-state index in [9.17, 15) is 9.59 Å². The van der Waals surface area contributed by atoms with Gasteiger partial charge >= 0.3 is 5.97 Å². The summed E-state index contributed by atoms with van der Waals surface area (Å²) >= 11 is 0. The first-order valence-electron chi connectivity index (χ1n) is 13.8. The van der Waals surface area contributed by atoms with Crippen molar-refractivity contribution in [1.82, 2.24) is 9.97 Å². The molecule has 9 heteroatoms. The standard InChI is InChI=1S/C33H25N3O6/c1-39-28-12-19(29-22-14-27-26(41-16-42-27)11-18(22)9-20-15-40-33(38)30(20)29)10-25-31(28)36-24-13-21(7-8-23(24)35-25)34-32(37)17-5-3-2-4-6-17/h2-8,10-14,20,29-30H,9,15-16H2,1H3,(H,34,37)/t20-,29+,30-/m0/s1. The van der Waals surface area contributed by atoms with Gasteiger partial charge in [0, 0.05) is 23.1 Å². The number of benzene rings is 4. The monoisotopic (exact) mass is 559 g/mol. The highest BCUT2D eigenvalue weighted by molar-refractivity contribution is 6.05. The van der Waals surface area contributed by atoms with E-state index in [1.165, 1.54) is 0 Å². The van der Waals surface area contributed by atoms with E-state index in [0.717, 1.165) is 28.9 Å². The number of methoxy groups -OCH3 is 1. The van der Waals surface area contributed by atoms with Crippen molar-refractivity contribution in [2.45, 2.75) is 12.3 Å². The maximum absolute atomic E-state index is 13.1. The van der Waals surface area contributed by atoms with E-state index in [0.29, 0.717) is 51.4 Å². The van der Waals surface area contributed by atoms with Crippen molar-refractivity contribution in [2.75, 3.05) is 25.8 Å². The highest BCUT2D eigenvalue weighted by Gasteiger charge is 2.48. The molecule has 208 valence electrons. The quantitative estimate of drug-likeness (QED) is 0.235. The first-order chi connectivity index (χ1) is 20.6. The lowest BCUT2D eigenvalue weighted by molar-refractivity contribution is -0.141. The highest BCUT2D eigenvalue weighted by Crippen LogP contribution is 2.51. The van der Waals surface area contributed by atoms with Gasteiger partial charge in [0.1, 0.15) is 11.3 Å². The van der Waals surface area contributed by atoms with Crippen LogP contribution in [0.25, 0.3) is 22.1 Å². The van der Waals surface area contributed by atoms with Crippen LogP contribution in [0.15, 0.2) is 72.8 Å². The molecule has 1 N–H and O–H groups in total. The summed E-state index contributed by atoms with van der Waals surface area (Å²) in [6, 6.07) is 22.4. The van der Waals surface area contributed by atoms with Crippen molar-refractivity contribution in [1.29, 1.82) is 0 Å². The molecule has 0 unspecified atom stereocenters. The topological polar surface area (TPSA) is 109 Å². The number of nitrogens with one attached hydrogen (secondary N) is 1. The van der Waals surface area contributed by atoms with Crippen molar-refractivity contribution in [3.05, 3.63) is 95.1 Å². The minimum absolute atomic E-state index is 0.0595. The van der Waals surface area contributed by atoms with Gasteiger partial charge in [0.25, 0.3) is 5.91 Å². The van der Waals surface area contributed by atoms with E-state index in [2.05, 4.69) is 5.32 Å². The van der Waals surface area contributed by atoms with Crippen LogP contribution in [-0.2, 0) is 16.0 Å². The van der Waals surface area contributed by atoms with Gasteiger partial charge in [-0.1, -0.05) is 18.2 Å². The minimum Gasteiger partial charge on any atom is -0.494 e. The number of fused-ring (bicyclic) bond motifs is 5. The Morgan fingerprint density at radius 2 is 1.74 bits per heavy atom. The van der Waals surface area contributed by atoms with Crippen molar-refractivity contribution < 1.29 is 28.5 Å². The molecule has 1 fully saturated rings. The zero-order chi connectivity index (χ0) is 28.4. The first kappa shape index (κ1) is 24.6. The average Bonchev–Trinajstić information content (AvgIpc) is 3.63. The molecule has 8 rings (SSSR count). The molecule has 3 aliphatic rings. The number of amides is 1. The van der Waals surface area contributed by atoms with Crippen LogP contribution in [0.1, 0.15) is 33.0 Å². The van der Waals surface area contributed by atoms with Gasteiger partial charge in [0.15, 0.2) is 11.5 Å². The summed E-state index contributed by atoms with van der Waals surface area (Å²) in [7, 11) is 1.60. The number of nitrogens with zero attached hydrogens (tertiary/aromatic N) is 2. The summed E-state index contributed by atoms with van der Waals surface area (Å²) in [6.07, 6.45) is 0.733. The van der Waals surface area contributed by atoms with E-state index < -0.39 is 0 Å². The van der Waals surface area contributed by atoms with Crippen molar-refractivity contribution in [3.63, 3.8) is 0 Å². The number of carbonyl (C=O) groups excluding carboxylic acids is 2. The van der Waals surface area contributed by atoms with Gasteiger partial charge in [-0.05, 0) is 77.7 Å². The van der Waals surface area contributed by atoms with Crippen LogP contribution in [0.2, 0.25) is 0 Å². The molecule has 1 saturated heterocycles. The lowest BCUT2D eigenvalue weighted by Crippen LogP contribution is -2.31. The third-order valence-electron chi connectivity index (χ3n) is 8.43. The van der Waals surface area contributed by atoms with Crippen LogP contribution in [0.3, 0.4) is 0 Å². The molecule has 0 bridgehead atoms. The van der Waals surface area contributed by atoms with Gasteiger partial charge in [-0.3, -0.25) is 9.59 Å². The Hall–Kier alpha value is -5.18. The normalized spacial score (nSPS) is 20.2. The van der Waals surface area contributed by atoms with Crippen LogP contribution in [0.4, 0.5) is 5.69 Å². The summed E-state index contributed by atoms with van der Waals surface area (Å²) in [6.45, 7) is 0.577. The van der Waals surface area contributed by atoms with E-state index in [1.54, 1.807) is 25.3 Å². The first-order valence-corrected chi connectivity index (χ1v) is 13.8. The van der Waals surface area contributed by atoms with Crippen LogP contribution < -0.4 is 19.5 Å². The maximum atomic E-state index is 13.1. The Balaban J connectivity index is 1.23. The van der Waals surface area contributed by atoms with E-state index in [-0.39, 0.29) is 36.4 Å². The number of aromatic nitrogens is 2. The molecule has 5 aromatic rings. The third kappa shape index (κ3) is 3.92. The summed E-state index contributed by atoms with van der Waals surface area (Å²) in [5.74, 6) is 1.02. The van der Waals surface area contributed by atoms with Crippen LogP contribution in [0.5, 0.6) is 17.2 Å². The van der Waals surface area contributed by atoms with Gasteiger partial charge in [-0.2, -0.15) is 0 Å². The van der Waals surface area contributed by atoms with Gasteiger partial charge in [0.05, 0.1) is 36.2 Å². The third-order valence-corrected chi connectivity index (χ3v) is 8.43. The fourth-order valence-corrected chi connectivity index (χ4v) is 6.48. The largest absolute Gasteiger partial charge is 0.494 e. The molecular weight excluding hydrogens is 534 g/mol. The van der Waals surface area contributed by atoms with Crippen LogP contribution in [0, 0.1) is 11.8 Å². The molecule has 0 saturated carbocycles. The fourth-order valence-electron chi connectivity index (χ4n) is 6.48. The second-order valence-electron chi connectivity index (χ2n) is 10.8. The lowest BCUT2D eigenvalue weighted by Gasteiger charge is -2.33. The number of cyclic esters (lactones) is 1. The average molecular weight is 560 g/mol. The smallest absolute Gasteiger partial charge is 0.310 e. The summed E-state index contributed by atoms with van der Waals surface area (Å²) in [5, 5.41) is 2.93. The molecule has 0 radical (unpaired) electrons. The Kier molecular flexibility index (Phi) is 5.53. The van der Waals surface area contributed by atoms with Crippen molar-refractivity contribution in [2.24, 2.45) is 11.8 Å². The lowest BCUT2D eigenvalue weighted by atomic mass is 9.67. The number of hydrogen-bond acceptors (Lipinski definition) is 8. The van der Waals surface area contributed by atoms with Crippen molar-refractivity contribution >= 4 is 39.6 Å². The zero-order valence-electron chi connectivity index (χ0n) is 22.6. The van der Waals surface area contributed by atoms with Crippen LogP contribution in [-0.4, -0.2) is 42.4 Å². The van der Waals surface area contributed by atoms with Crippen LogP contribution >= 0.6 is 0 Å². The predicted octanol–water partition coefficient (Wildman–Crippen LogP) is 5.25. The van der Waals surface area contributed by atoms with Gasteiger partial charge in [-0.15, -0.1) is 0 Å². The minimum atomic E-state index is -0.329. The molecule has 9 nitrogen and oxygen atoms in total.